The molecule has 0 aliphatic heterocycles. The fourth-order valence-electron chi connectivity index (χ4n) is 1.44. The maximum Gasteiger partial charge on any atom is 0.0650 e. The quantitative estimate of drug-likeness (QED) is 0.591. The van der Waals surface area contributed by atoms with Gasteiger partial charge in [-0.25, -0.2) is 0 Å². The number of rotatable bonds is 5. The Hall–Kier alpha value is -0.310. The van der Waals surface area contributed by atoms with Gasteiger partial charge >= 0.3 is 0 Å². The van der Waals surface area contributed by atoms with E-state index in [9.17, 15) is 0 Å². The molecule has 1 aromatic rings. The third-order valence-electron chi connectivity index (χ3n) is 2.34. The Labute approximate surface area is 102 Å². The van der Waals surface area contributed by atoms with E-state index in [4.69, 9.17) is 16.3 Å². The molecule has 4 heteroatoms. The third-order valence-corrected chi connectivity index (χ3v) is 2.59. The first kappa shape index (κ1) is 14.7. The summed E-state index contributed by atoms with van der Waals surface area (Å²) in [5.41, 5.74) is 3.54. The summed E-state index contributed by atoms with van der Waals surface area (Å²) in [6.45, 7) is 2.88. The van der Waals surface area contributed by atoms with Crippen molar-refractivity contribution in [1.82, 2.24) is 4.98 Å². The molecule has 1 heterocycles. The minimum atomic E-state index is 0. The predicted molar refractivity (Wildman–Crippen MR) is 66.0 cm³/mol. The molecule has 0 atom stereocenters. The van der Waals surface area contributed by atoms with Crippen LogP contribution in [0.15, 0.2) is 12.3 Å². The van der Waals surface area contributed by atoms with Crippen LogP contribution in [0.2, 0.25) is 0 Å². The fraction of sp³-hybridized carbons (Fsp3) is 0.545. The molecule has 0 saturated heterocycles. The monoisotopic (exact) mass is 249 g/mol. The van der Waals surface area contributed by atoms with E-state index in [-0.39, 0.29) is 12.4 Å². The number of hydrogen-bond acceptors (Lipinski definition) is 2. The zero-order chi connectivity index (χ0) is 10.4. The Balaban J connectivity index is 0.00000196. The van der Waals surface area contributed by atoms with E-state index in [1.54, 1.807) is 7.11 Å². The molecule has 0 aliphatic rings. The summed E-state index contributed by atoms with van der Waals surface area (Å²) in [7, 11) is 1.73. The molecule has 2 nitrogen and oxygen atoms in total. The molecule has 0 spiro atoms. The van der Waals surface area contributed by atoms with E-state index in [0.29, 0.717) is 5.88 Å². The minimum absolute atomic E-state index is 0. The molecular formula is C11H17Cl2NO. The normalized spacial score (nSPS) is 9.80. The van der Waals surface area contributed by atoms with Crippen molar-refractivity contribution in [2.45, 2.75) is 25.6 Å². The lowest BCUT2D eigenvalue weighted by Gasteiger charge is -2.07. The van der Waals surface area contributed by atoms with Gasteiger partial charge in [0.2, 0.25) is 0 Å². The lowest BCUT2D eigenvalue weighted by molar-refractivity contribution is 0.195. The van der Waals surface area contributed by atoms with Gasteiger partial charge in [-0.3, -0.25) is 4.98 Å². The van der Waals surface area contributed by atoms with Crippen LogP contribution in [0.5, 0.6) is 0 Å². The van der Waals surface area contributed by atoms with Gasteiger partial charge in [-0.15, -0.1) is 24.0 Å². The van der Waals surface area contributed by atoms with Crippen molar-refractivity contribution in [3.8, 4) is 0 Å². The van der Waals surface area contributed by atoms with Gasteiger partial charge in [0.25, 0.3) is 0 Å². The van der Waals surface area contributed by atoms with Crippen LogP contribution in [0.3, 0.4) is 0 Å². The van der Waals surface area contributed by atoms with E-state index in [2.05, 4.69) is 18.0 Å². The van der Waals surface area contributed by atoms with Crippen LogP contribution < -0.4 is 0 Å². The summed E-state index contributed by atoms with van der Waals surface area (Å²) in [6, 6.07) is 2.06. The summed E-state index contributed by atoms with van der Waals surface area (Å²) < 4.78 is 5.02. The molecule has 0 unspecified atom stereocenters. The molecule has 1 rings (SSSR count). The first-order chi connectivity index (χ1) is 6.79. The highest BCUT2D eigenvalue weighted by Crippen LogP contribution is 2.14. The largest absolute Gasteiger partial charge is 0.385 e. The number of ether oxygens (including phenoxy) is 1. The van der Waals surface area contributed by atoms with Crippen molar-refractivity contribution in [3.63, 3.8) is 0 Å². The highest BCUT2D eigenvalue weighted by molar-refractivity contribution is 6.17. The van der Waals surface area contributed by atoms with Gasteiger partial charge < -0.3 is 4.74 Å². The summed E-state index contributed by atoms with van der Waals surface area (Å²) in [5.74, 6) is 0.490. The minimum Gasteiger partial charge on any atom is -0.385 e. The van der Waals surface area contributed by atoms with Crippen LogP contribution in [0.25, 0.3) is 0 Å². The molecule has 1 aromatic heterocycles. The maximum absolute atomic E-state index is 5.78. The molecule has 0 bridgehead atoms. The van der Waals surface area contributed by atoms with Crippen LogP contribution in [0.4, 0.5) is 0 Å². The average molecular weight is 250 g/mol. The van der Waals surface area contributed by atoms with E-state index in [1.807, 2.05) is 6.20 Å². The van der Waals surface area contributed by atoms with E-state index in [1.165, 1.54) is 11.1 Å². The van der Waals surface area contributed by atoms with Gasteiger partial charge in [-0.1, -0.05) is 0 Å². The molecule has 0 amide bonds. The summed E-state index contributed by atoms with van der Waals surface area (Å²) in [4.78, 5) is 4.22. The van der Waals surface area contributed by atoms with Gasteiger partial charge in [0.15, 0.2) is 0 Å². The van der Waals surface area contributed by atoms with Crippen LogP contribution in [0.1, 0.15) is 23.2 Å². The molecule has 0 radical (unpaired) electrons. The molecule has 0 aromatic carbocycles. The van der Waals surface area contributed by atoms with Crippen LogP contribution >= 0.6 is 24.0 Å². The van der Waals surface area contributed by atoms with Crippen LogP contribution in [0, 0.1) is 6.92 Å². The molecule has 15 heavy (non-hydrogen) atoms. The van der Waals surface area contributed by atoms with E-state index >= 15 is 0 Å². The smallest absolute Gasteiger partial charge is 0.0650 e. The molecule has 0 saturated carbocycles. The highest BCUT2D eigenvalue weighted by Gasteiger charge is 2.03. The van der Waals surface area contributed by atoms with Crippen molar-refractivity contribution < 1.29 is 4.74 Å². The molecule has 0 N–H and O–H groups in total. The number of pyridine rings is 1. The van der Waals surface area contributed by atoms with Crippen LogP contribution in [-0.2, 0) is 17.0 Å². The van der Waals surface area contributed by atoms with Crippen molar-refractivity contribution in [1.29, 1.82) is 0 Å². The second-order valence-corrected chi connectivity index (χ2v) is 3.54. The first-order valence-electron chi connectivity index (χ1n) is 4.78. The number of methoxy groups -OCH3 is 1. The Kier molecular flexibility index (Phi) is 7.75. The summed E-state index contributed by atoms with van der Waals surface area (Å²) in [6.07, 6.45) is 3.90. The second-order valence-electron chi connectivity index (χ2n) is 3.27. The Morgan fingerprint density at radius 1 is 1.47 bits per heavy atom. The van der Waals surface area contributed by atoms with Crippen molar-refractivity contribution >= 4 is 24.0 Å². The predicted octanol–water partition coefficient (Wildman–Crippen LogP) is 3.13. The van der Waals surface area contributed by atoms with Crippen molar-refractivity contribution in [3.05, 3.63) is 29.1 Å². The highest BCUT2D eigenvalue weighted by atomic mass is 35.5. The van der Waals surface area contributed by atoms with Gasteiger partial charge in [-0.2, -0.15) is 0 Å². The van der Waals surface area contributed by atoms with Gasteiger partial charge in [-0.05, 0) is 37.0 Å². The molecule has 0 fully saturated rings. The number of nitrogens with zero attached hydrogens (tertiary/aromatic N) is 1. The van der Waals surface area contributed by atoms with E-state index in [0.717, 1.165) is 25.1 Å². The SMILES string of the molecule is COCCCc1ccnc(CCl)c1C.Cl. The van der Waals surface area contributed by atoms with E-state index < -0.39 is 0 Å². The zero-order valence-electron chi connectivity index (χ0n) is 9.12. The number of aromatic nitrogens is 1. The Morgan fingerprint density at radius 3 is 2.80 bits per heavy atom. The number of alkyl halides is 1. The number of hydrogen-bond donors (Lipinski definition) is 0. The number of halogens is 2. The Bertz CT molecular complexity index is 292. The fourth-order valence-corrected chi connectivity index (χ4v) is 1.71. The van der Waals surface area contributed by atoms with Gasteiger partial charge in [0.05, 0.1) is 11.6 Å². The lowest BCUT2D eigenvalue weighted by atomic mass is 10.0. The van der Waals surface area contributed by atoms with Gasteiger partial charge in [0, 0.05) is 19.9 Å². The van der Waals surface area contributed by atoms with Crippen molar-refractivity contribution in [2.75, 3.05) is 13.7 Å². The summed E-state index contributed by atoms with van der Waals surface area (Å²) in [5, 5.41) is 0. The number of aryl methyl sites for hydroxylation is 1. The summed E-state index contributed by atoms with van der Waals surface area (Å²) >= 11 is 5.78. The Morgan fingerprint density at radius 2 is 2.20 bits per heavy atom. The standard InChI is InChI=1S/C11H16ClNO.ClH/c1-9-10(4-3-7-14-2)5-6-13-11(9)8-12;/h5-6H,3-4,7-8H2,1-2H3;1H. The van der Waals surface area contributed by atoms with Crippen LogP contribution in [-0.4, -0.2) is 18.7 Å². The molecular weight excluding hydrogens is 233 g/mol. The topological polar surface area (TPSA) is 22.1 Å². The van der Waals surface area contributed by atoms with Gasteiger partial charge in [0.1, 0.15) is 0 Å². The second kappa shape index (κ2) is 7.91. The van der Waals surface area contributed by atoms with Crippen molar-refractivity contribution in [2.24, 2.45) is 0 Å². The average Bonchev–Trinajstić information content (AvgIpc) is 2.21. The molecule has 86 valence electrons. The first-order valence-corrected chi connectivity index (χ1v) is 5.31. The zero-order valence-corrected chi connectivity index (χ0v) is 10.7. The molecule has 0 aliphatic carbocycles. The lowest BCUT2D eigenvalue weighted by Crippen LogP contribution is -1.99. The maximum atomic E-state index is 5.78. The third kappa shape index (κ3) is 4.37.